The van der Waals surface area contributed by atoms with Gasteiger partial charge in [0.15, 0.2) is 11.6 Å². The van der Waals surface area contributed by atoms with Gasteiger partial charge in [-0.25, -0.2) is 9.37 Å². The van der Waals surface area contributed by atoms with Crippen LogP contribution in [-0.2, 0) is 6.42 Å². The molecule has 0 spiro atoms. The molecule has 0 radical (unpaired) electrons. The number of nitrogens with zero attached hydrogens (tertiary/aromatic N) is 2. The zero-order valence-corrected chi connectivity index (χ0v) is 10.0. The van der Waals surface area contributed by atoms with Crippen LogP contribution in [-0.4, -0.2) is 22.7 Å². The molecule has 3 rings (SSSR count). The summed E-state index contributed by atoms with van der Waals surface area (Å²) in [6, 6.07) is 7.88. The van der Waals surface area contributed by atoms with Crippen molar-refractivity contribution in [2.45, 2.75) is 12.5 Å². The molecule has 6 heteroatoms. The molecule has 0 saturated heterocycles. The molecular formula is C13H12FN3O2. The van der Waals surface area contributed by atoms with Gasteiger partial charge in [0.25, 0.3) is 0 Å². The van der Waals surface area contributed by atoms with Crippen molar-refractivity contribution in [3.8, 4) is 11.8 Å². The fourth-order valence-electron chi connectivity index (χ4n) is 1.95. The van der Waals surface area contributed by atoms with Gasteiger partial charge >= 0.3 is 6.01 Å². The molecule has 0 fully saturated rings. The fraction of sp³-hybridized carbons (Fsp3) is 0.231. The summed E-state index contributed by atoms with van der Waals surface area (Å²) in [4.78, 5) is 7.40. The summed E-state index contributed by atoms with van der Waals surface area (Å²) in [5.74, 6) is -0.00636. The summed E-state index contributed by atoms with van der Waals surface area (Å²) >= 11 is 0. The summed E-state index contributed by atoms with van der Waals surface area (Å²) in [5.41, 5.74) is 6.48. The molecule has 1 aliphatic heterocycles. The van der Waals surface area contributed by atoms with Crippen molar-refractivity contribution < 1.29 is 13.9 Å². The Morgan fingerprint density at radius 2 is 2.26 bits per heavy atom. The minimum atomic E-state index is -0.656. The Labute approximate surface area is 109 Å². The van der Waals surface area contributed by atoms with Crippen LogP contribution in [0.1, 0.15) is 5.56 Å². The van der Waals surface area contributed by atoms with Gasteiger partial charge in [0.05, 0.1) is 6.20 Å². The number of nitrogens with two attached hydrogens (primary N) is 1. The van der Waals surface area contributed by atoms with E-state index in [2.05, 4.69) is 9.97 Å². The summed E-state index contributed by atoms with van der Waals surface area (Å²) in [6.45, 7) is 0.291. The van der Waals surface area contributed by atoms with Crippen LogP contribution in [0.25, 0.3) is 0 Å². The van der Waals surface area contributed by atoms with Gasteiger partial charge in [0.1, 0.15) is 18.5 Å². The maximum atomic E-state index is 12.9. The number of nitrogen functional groups attached to an aromatic ring is 1. The third kappa shape index (κ3) is 2.42. The van der Waals surface area contributed by atoms with E-state index >= 15 is 0 Å². The lowest BCUT2D eigenvalue weighted by Gasteiger charge is -2.11. The SMILES string of the molecule is Nc1nc(OCC2Cc3ccccc3O2)ncc1F. The first-order valence-corrected chi connectivity index (χ1v) is 5.88. The van der Waals surface area contributed by atoms with Gasteiger partial charge in [-0.05, 0) is 11.6 Å². The van der Waals surface area contributed by atoms with Crippen molar-refractivity contribution in [1.29, 1.82) is 0 Å². The second-order valence-electron chi connectivity index (χ2n) is 4.25. The number of benzene rings is 1. The number of anilines is 1. The minimum absolute atomic E-state index is 0.0541. The molecular weight excluding hydrogens is 249 g/mol. The third-order valence-electron chi connectivity index (χ3n) is 2.86. The second-order valence-corrected chi connectivity index (χ2v) is 4.25. The molecule has 1 unspecified atom stereocenters. The van der Waals surface area contributed by atoms with E-state index in [1.807, 2.05) is 24.3 Å². The van der Waals surface area contributed by atoms with E-state index in [9.17, 15) is 4.39 Å². The number of ether oxygens (including phenoxy) is 2. The monoisotopic (exact) mass is 261 g/mol. The van der Waals surface area contributed by atoms with Gasteiger partial charge in [-0.1, -0.05) is 18.2 Å². The lowest BCUT2D eigenvalue weighted by Crippen LogP contribution is -2.23. The maximum Gasteiger partial charge on any atom is 0.318 e. The van der Waals surface area contributed by atoms with Crippen molar-refractivity contribution >= 4 is 5.82 Å². The van der Waals surface area contributed by atoms with Crippen LogP contribution >= 0.6 is 0 Å². The van der Waals surface area contributed by atoms with E-state index < -0.39 is 5.82 Å². The number of fused-ring (bicyclic) bond motifs is 1. The average Bonchev–Trinajstić information content (AvgIpc) is 2.83. The molecule has 0 aliphatic carbocycles. The van der Waals surface area contributed by atoms with E-state index in [0.29, 0.717) is 6.61 Å². The number of hydrogen-bond donors (Lipinski definition) is 1. The molecule has 0 amide bonds. The highest BCUT2D eigenvalue weighted by atomic mass is 19.1. The van der Waals surface area contributed by atoms with E-state index in [1.165, 1.54) is 0 Å². The Morgan fingerprint density at radius 3 is 3.05 bits per heavy atom. The number of rotatable bonds is 3. The van der Waals surface area contributed by atoms with Crippen LogP contribution in [0.15, 0.2) is 30.5 Å². The third-order valence-corrected chi connectivity index (χ3v) is 2.86. The van der Waals surface area contributed by atoms with Crippen molar-refractivity contribution in [3.63, 3.8) is 0 Å². The van der Waals surface area contributed by atoms with Crippen molar-refractivity contribution in [2.24, 2.45) is 0 Å². The van der Waals surface area contributed by atoms with Gasteiger partial charge in [-0.3, -0.25) is 0 Å². The summed E-state index contributed by atoms with van der Waals surface area (Å²) in [5, 5.41) is 0. The zero-order valence-electron chi connectivity index (χ0n) is 10.0. The molecule has 5 nitrogen and oxygen atoms in total. The predicted molar refractivity (Wildman–Crippen MR) is 66.5 cm³/mol. The maximum absolute atomic E-state index is 12.9. The average molecular weight is 261 g/mol. The predicted octanol–water partition coefficient (Wildman–Crippen LogP) is 1.58. The van der Waals surface area contributed by atoms with Gasteiger partial charge in [-0.15, -0.1) is 0 Å². The highest BCUT2D eigenvalue weighted by molar-refractivity contribution is 5.37. The molecule has 2 N–H and O–H groups in total. The van der Waals surface area contributed by atoms with Crippen LogP contribution in [0.2, 0.25) is 0 Å². The number of aromatic nitrogens is 2. The van der Waals surface area contributed by atoms with Gasteiger partial charge in [-0.2, -0.15) is 4.98 Å². The highest BCUT2D eigenvalue weighted by Crippen LogP contribution is 2.28. The Morgan fingerprint density at radius 1 is 1.42 bits per heavy atom. The lowest BCUT2D eigenvalue weighted by molar-refractivity contribution is 0.141. The van der Waals surface area contributed by atoms with Crippen LogP contribution in [0.3, 0.4) is 0 Å². The molecule has 2 aromatic rings. The summed E-state index contributed by atoms with van der Waals surface area (Å²) in [6.07, 6.45) is 1.67. The van der Waals surface area contributed by atoms with Crippen LogP contribution < -0.4 is 15.2 Å². The fourth-order valence-corrected chi connectivity index (χ4v) is 1.95. The normalized spacial score (nSPS) is 16.8. The van der Waals surface area contributed by atoms with Crippen molar-refractivity contribution in [3.05, 3.63) is 41.8 Å². The molecule has 1 aromatic heterocycles. The number of halogens is 1. The molecule has 0 saturated carbocycles. The Balaban J connectivity index is 1.61. The lowest BCUT2D eigenvalue weighted by atomic mass is 10.1. The second kappa shape index (κ2) is 4.72. The Kier molecular flexibility index (Phi) is 2.91. The molecule has 0 bridgehead atoms. The van der Waals surface area contributed by atoms with Crippen LogP contribution in [0.5, 0.6) is 11.8 Å². The first-order valence-electron chi connectivity index (χ1n) is 5.88. The molecule has 1 aromatic carbocycles. The largest absolute Gasteiger partial charge is 0.486 e. The quantitative estimate of drug-likeness (QED) is 0.908. The zero-order chi connectivity index (χ0) is 13.2. The van der Waals surface area contributed by atoms with Gasteiger partial charge in [0.2, 0.25) is 0 Å². The van der Waals surface area contributed by atoms with E-state index in [-0.39, 0.29) is 17.9 Å². The molecule has 1 aliphatic rings. The first kappa shape index (κ1) is 11.7. The van der Waals surface area contributed by atoms with Gasteiger partial charge < -0.3 is 15.2 Å². The van der Waals surface area contributed by atoms with Crippen LogP contribution in [0, 0.1) is 5.82 Å². The molecule has 98 valence electrons. The molecule has 19 heavy (non-hydrogen) atoms. The summed E-state index contributed by atoms with van der Waals surface area (Å²) < 4.78 is 23.9. The van der Waals surface area contributed by atoms with Crippen LogP contribution in [0.4, 0.5) is 10.2 Å². The Bertz CT molecular complexity index is 581. The number of para-hydroxylation sites is 1. The van der Waals surface area contributed by atoms with E-state index in [0.717, 1.165) is 23.9 Å². The summed E-state index contributed by atoms with van der Waals surface area (Å²) in [7, 11) is 0. The smallest absolute Gasteiger partial charge is 0.318 e. The molecule has 2 heterocycles. The molecule has 1 atom stereocenters. The van der Waals surface area contributed by atoms with E-state index in [1.54, 1.807) is 0 Å². The van der Waals surface area contributed by atoms with Crippen molar-refractivity contribution in [1.82, 2.24) is 9.97 Å². The highest BCUT2D eigenvalue weighted by Gasteiger charge is 2.23. The van der Waals surface area contributed by atoms with Crippen molar-refractivity contribution in [2.75, 3.05) is 12.3 Å². The Hall–Kier alpha value is -2.37. The van der Waals surface area contributed by atoms with E-state index in [4.69, 9.17) is 15.2 Å². The topological polar surface area (TPSA) is 70.3 Å². The first-order chi connectivity index (χ1) is 9.22. The van der Waals surface area contributed by atoms with Gasteiger partial charge in [0, 0.05) is 6.42 Å². The minimum Gasteiger partial charge on any atom is -0.486 e. The number of hydrogen-bond acceptors (Lipinski definition) is 5. The standard InChI is InChI=1S/C13H12FN3O2/c14-10-6-16-13(17-12(10)15)18-7-9-5-8-3-1-2-4-11(8)19-9/h1-4,6,9H,5,7H2,(H2,15,16,17).